The number of hydrogen-bond acceptors (Lipinski definition) is 22. The van der Waals surface area contributed by atoms with Crippen LogP contribution >= 0.6 is 15.6 Å². The number of phosphoric ester groups is 2. The average molecular weight is 844 g/mol. The molecule has 0 bridgehead atoms. The van der Waals surface area contributed by atoms with Crippen molar-refractivity contribution in [1.29, 1.82) is 0 Å². The fourth-order valence-corrected chi connectivity index (χ4v) is 7.12. The first kappa shape index (κ1) is 47.3. The number of amides is 3. The normalized spacial score (nSPS) is 39.2. The van der Waals surface area contributed by atoms with Crippen molar-refractivity contribution in [1.82, 2.24) is 10.6 Å². The highest BCUT2D eigenvalue weighted by Gasteiger charge is 2.52. The van der Waals surface area contributed by atoms with Gasteiger partial charge < -0.3 is 80.8 Å². The summed E-state index contributed by atoms with van der Waals surface area (Å²) in [5, 5.41) is 83.7. The molecule has 3 aliphatic heterocycles. The molecule has 318 valence electrons. The highest BCUT2D eigenvalue weighted by Crippen LogP contribution is 2.49. The summed E-state index contributed by atoms with van der Waals surface area (Å²) >= 11 is 0. The van der Waals surface area contributed by atoms with E-state index in [4.69, 9.17) is 47.9 Å². The van der Waals surface area contributed by atoms with Crippen LogP contribution in [0.3, 0.4) is 0 Å². The Labute approximate surface area is 311 Å². The first-order chi connectivity index (χ1) is 25.6. The molecule has 13 N–H and O–H groups in total. The van der Waals surface area contributed by atoms with Gasteiger partial charge in [0.25, 0.3) is 5.91 Å². The molecule has 0 aliphatic carbocycles. The van der Waals surface area contributed by atoms with Gasteiger partial charge in [0.05, 0.1) is 26.4 Å². The van der Waals surface area contributed by atoms with Crippen LogP contribution in [0.5, 0.6) is 0 Å². The highest BCUT2D eigenvalue weighted by atomic mass is 31.2. The first-order valence-electron chi connectivity index (χ1n) is 16.4. The molecule has 3 fully saturated rings. The highest BCUT2D eigenvalue weighted by molar-refractivity contribution is 7.47. The molecule has 3 amide bonds. The molecule has 0 saturated carbocycles. The van der Waals surface area contributed by atoms with Crippen LogP contribution in [0.25, 0.3) is 0 Å². The lowest BCUT2D eigenvalue weighted by Crippen LogP contribution is -2.65. The van der Waals surface area contributed by atoms with Gasteiger partial charge in [-0.3, -0.25) is 32.5 Å². The van der Waals surface area contributed by atoms with E-state index in [0.29, 0.717) is 0 Å². The number of aliphatic hydroxyl groups is 7. The zero-order valence-electron chi connectivity index (χ0n) is 29.4. The van der Waals surface area contributed by atoms with Crippen LogP contribution in [0.1, 0.15) is 20.8 Å². The number of carbonyl (C=O) groups is 3. The third kappa shape index (κ3) is 13.2. The standard InChI is InChI=1S/C26H47N5O22P2/c1-9(33)28-15-21(39)19(37)13(50-24(15)46-5-4-32)7-47-54(42,43)52-25-16(29-10(2)34)22(40)20(38)14(51-25)8-48-55(44,45)53-26-17(31-30-11(3)35)23(41)18(36)12(6-27)49-26/h12-26,32,36-41H,4-8,27H2,1-3H3,(H,28,33)(H,29,34)(H,42,43)(H,44,45)/t12?,13?,14?,15?,16?,17?,18-,19-,20-,21?,22?,23?,24+,25-,26-/m1/s1. The van der Waals surface area contributed by atoms with Gasteiger partial charge in [-0.25, -0.2) is 9.13 Å². The second kappa shape index (κ2) is 20.6. The minimum absolute atomic E-state index is 0.344. The number of nitrogens with one attached hydrogen (secondary N) is 2. The molecule has 0 aromatic heterocycles. The lowest BCUT2D eigenvalue weighted by molar-refractivity contribution is -0.272. The molecule has 29 heteroatoms. The summed E-state index contributed by atoms with van der Waals surface area (Å²) in [7, 11) is -10.8. The summed E-state index contributed by atoms with van der Waals surface area (Å²) in [5.41, 5.74) is 5.51. The molecule has 11 unspecified atom stereocenters. The number of nitrogens with two attached hydrogens (primary N) is 1. The number of hydrogen-bond donors (Lipinski definition) is 12. The maximum atomic E-state index is 13.1. The van der Waals surface area contributed by atoms with E-state index >= 15 is 0 Å². The van der Waals surface area contributed by atoms with E-state index in [1.165, 1.54) is 0 Å². The minimum atomic E-state index is -5.40. The Morgan fingerprint density at radius 2 is 1.13 bits per heavy atom. The molecule has 3 saturated heterocycles. The first-order valence-corrected chi connectivity index (χ1v) is 19.3. The lowest BCUT2D eigenvalue weighted by atomic mass is 9.97. The van der Waals surface area contributed by atoms with Crippen molar-refractivity contribution in [2.75, 3.05) is 33.0 Å². The fourth-order valence-electron chi connectivity index (χ4n) is 5.44. The third-order valence-electron chi connectivity index (χ3n) is 8.03. The molecule has 17 atom stereocenters. The quantitative estimate of drug-likeness (QED) is 0.0479. The summed E-state index contributed by atoms with van der Waals surface area (Å²) in [6.45, 7) is -0.370. The Bertz CT molecular complexity index is 1430. The molecular formula is C26H47N5O22P2. The minimum Gasteiger partial charge on any atom is -0.394 e. The van der Waals surface area contributed by atoms with Gasteiger partial charge in [0.2, 0.25) is 11.8 Å². The monoisotopic (exact) mass is 843 g/mol. The van der Waals surface area contributed by atoms with Crippen molar-refractivity contribution in [3.8, 4) is 0 Å². The Kier molecular flexibility index (Phi) is 17.7. The SMILES string of the molecule is CC(=O)N=NC1C(O)[C@H](O)C(CN)O[C@@H]1OP(=O)(O)OCC1O[C@H](OP(=O)(O)OCC2O[C@H](OCCO)C(NC(C)=O)C(O)[C@@H]2O)C(NC(C)=O)C(O)[C@@H]1O. The molecule has 3 heterocycles. The summed E-state index contributed by atoms with van der Waals surface area (Å²) in [6.07, 6.45) is -21.9. The fraction of sp³-hybridized carbons (Fsp3) is 0.885. The van der Waals surface area contributed by atoms with Gasteiger partial charge in [0.1, 0.15) is 67.0 Å². The smallest absolute Gasteiger partial charge is 0.394 e. The predicted molar refractivity (Wildman–Crippen MR) is 172 cm³/mol. The van der Waals surface area contributed by atoms with Crippen LogP contribution < -0.4 is 16.4 Å². The molecular weight excluding hydrogens is 796 g/mol. The van der Waals surface area contributed by atoms with E-state index < -0.39 is 152 Å². The van der Waals surface area contributed by atoms with E-state index in [1.54, 1.807) is 0 Å². The van der Waals surface area contributed by atoms with Crippen molar-refractivity contribution >= 4 is 33.4 Å². The van der Waals surface area contributed by atoms with Crippen LogP contribution in [0.4, 0.5) is 0 Å². The van der Waals surface area contributed by atoms with Crippen LogP contribution in [-0.2, 0) is 60.6 Å². The van der Waals surface area contributed by atoms with Crippen molar-refractivity contribution < 1.29 is 106 Å². The van der Waals surface area contributed by atoms with Gasteiger partial charge in [-0.1, -0.05) is 0 Å². The Balaban J connectivity index is 1.73. The molecule has 0 radical (unpaired) electrons. The number of nitrogens with zero attached hydrogens (tertiary/aromatic N) is 2. The molecule has 0 spiro atoms. The molecule has 3 aliphatic rings. The maximum Gasteiger partial charge on any atom is 0.474 e. The van der Waals surface area contributed by atoms with E-state index in [9.17, 15) is 63.9 Å². The van der Waals surface area contributed by atoms with Gasteiger partial charge in [-0.15, -0.1) is 5.11 Å². The Morgan fingerprint density at radius 1 is 0.691 bits per heavy atom. The molecule has 27 nitrogen and oxygen atoms in total. The summed E-state index contributed by atoms with van der Waals surface area (Å²) in [6, 6.07) is -4.91. The number of phosphoric acid groups is 2. The number of carbonyl (C=O) groups excluding carboxylic acids is 3. The van der Waals surface area contributed by atoms with Gasteiger partial charge in [-0.2, -0.15) is 5.11 Å². The largest absolute Gasteiger partial charge is 0.474 e. The van der Waals surface area contributed by atoms with Crippen molar-refractivity contribution in [3.63, 3.8) is 0 Å². The van der Waals surface area contributed by atoms with Gasteiger partial charge in [-0.05, 0) is 0 Å². The lowest BCUT2D eigenvalue weighted by Gasteiger charge is -2.43. The van der Waals surface area contributed by atoms with Crippen molar-refractivity contribution in [2.24, 2.45) is 16.0 Å². The van der Waals surface area contributed by atoms with Crippen LogP contribution in [-0.4, -0.2) is 188 Å². The number of rotatable bonds is 17. The van der Waals surface area contributed by atoms with Gasteiger partial charge >= 0.3 is 15.6 Å². The predicted octanol–water partition coefficient (Wildman–Crippen LogP) is -6.06. The molecule has 55 heavy (non-hydrogen) atoms. The molecule has 3 rings (SSSR count). The van der Waals surface area contributed by atoms with Gasteiger partial charge in [0, 0.05) is 27.3 Å². The van der Waals surface area contributed by atoms with Crippen molar-refractivity contribution in [2.45, 2.75) is 113 Å². The zero-order valence-corrected chi connectivity index (χ0v) is 31.2. The van der Waals surface area contributed by atoms with E-state index in [0.717, 1.165) is 20.8 Å². The average Bonchev–Trinajstić information content (AvgIpc) is 3.09. The Morgan fingerprint density at radius 3 is 1.58 bits per heavy atom. The molecule has 0 aromatic rings. The number of azo groups is 1. The number of ether oxygens (including phenoxy) is 4. The zero-order chi connectivity index (χ0) is 41.4. The van der Waals surface area contributed by atoms with Crippen LogP contribution in [0.2, 0.25) is 0 Å². The second-order valence-corrected chi connectivity index (χ2v) is 15.1. The second-order valence-electron chi connectivity index (χ2n) is 12.3. The Hall–Kier alpha value is -2.05. The van der Waals surface area contributed by atoms with E-state index in [2.05, 4.69) is 20.9 Å². The topological polar surface area (TPSA) is 416 Å². The van der Waals surface area contributed by atoms with Crippen LogP contribution in [0, 0.1) is 0 Å². The van der Waals surface area contributed by atoms with Crippen LogP contribution in [0.15, 0.2) is 10.2 Å². The summed E-state index contributed by atoms with van der Waals surface area (Å²) < 4.78 is 67.3. The van der Waals surface area contributed by atoms with Crippen molar-refractivity contribution in [3.05, 3.63) is 0 Å². The van der Waals surface area contributed by atoms with Gasteiger partial charge in [0.15, 0.2) is 24.9 Å². The third-order valence-corrected chi connectivity index (χ3v) is 9.92. The number of aliphatic hydroxyl groups excluding tert-OH is 7. The van der Waals surface area contributed by atoms with E-state index in [-0.39, 0.29) is 6.61 Å². The van der Waals surface area contributed by atoms with E-state index in [1.807, 2.05) is 0 Å². The summed E-state index contributed by atoms with van der Waals surface area (Å²) in [4.78, 5) is 55.9. The molecule has 0 aromatic carbocycles. The summed E-state index contributed by atoms with van der Waals surface area (Å²) in [5.74, 6) is -2.35. The maximum absolute atomic E-state index is 13.1.